The van der Waals surface area contributed by atoms with Gasteiger partial charge in [0.1, 0.15) is 0 Å². The van der Waals surface area contributed by atoms with Gasteiger partial charge >= 0.3 is 0 Å². The van der Waals surface area contributed by atoms with Gasteiger partial charge in [-0.3, -0.25) is 4.79 Å². The maximum Gasteiger partial charge on any atom is 0.251 e. The predicted molar refractivity (Wildman–Crippen MR) is 64.0 cm³/mol. The normalized spacial score (nSPS) is 23.2. The molecule has 1 amide bonds. The smallest absolute Gasteiger partial charge is 0.251 e. The zero-order valence-electron chi connectivity index (χ0n) is 9.55. The summed E-state index contributed by atoms with van der Waals surface area (Å²) in [5.41, 5.74) is 6.52. The Morgan fingerprint density at radius 1 is 1.53 bits per heavy atom. The SMILES string of the molecule is CC1CC1NC(=O)c1cccc(C(N)=NO)c1. The molecule has 2 rings (SSSR count). The molecule has 17 heavy (non-hydrogen) atoms. The van der Waals surface area contributed by atoms with E-state index in [2.05, 4.69) is 17.4 Å². The van der Waals surface area contributed by atoms with Crippen molar-refractivity contribution in [2.24, 2.45) is 16.8 Å². The second-order valence-corrected chi connectivity index (χ2v) is 4.36. The van der Waals surface area contributed by atoms with E-state index in [1.807, 2.05) is 0 Å². The van der Waals surface area contributed by atoms with Crippen molar-refractivity contribution in [1.29, 1.82) is 0 Å². The van der Waals surface area contributed by atoms with Gasteiger partial charge in [-0.05, 0) is 24.5 Å². The van der Waals surface area contributed by atoms with Crippen LogP contribution in [0.4, 0.5) is 0 Å². The van der Waals surface area contributed by atoms with Crippen LogP contribution in [0.1, 0.15) is 29.3 Å². The molecule has 1 fully saturated rings. The lowest BCUT2D eigenvalue weighted by molar-refractivity contribution is 0.0949. The number of carbonyl (C=O) groups excluding carboxylic acids is 1. The van der Waals surface area contributed by atoms with E-state index < -0.39 is 0 Å². The van der Waals surface area contributed by atoms with Crippen molar-refractivity contribution in [1.82, 2.24) is 5.32 Å². The van der Waals surface area contributed by atoms with E-state index in [1.54, 1.807) is 24.3 Å². The lowest BCUT2D eigenvalue weighted by Crippen LogP contribution is -2.27. The summed E-state index contributed by atoms with van der Waals surface area (Å²) in [6.45, 7) is 2.10. The van der Waals surface area contributed by atoms with Crippen LogP contribution in [-0.4, -0.2) is 23.0 Å². The van der Waals surface area contributed by atoms with Gasteiger partial charge in [0.05, 0.1) is 0 Å². The fourth-order valence-corrected chi connectivity index (χ4v) is 1.65. The van der Waals surface area contributed by atoms with Gasteiger partial charge in [0, 0.05) is 17.2 Å². The van der Waals surface area contributed by atoms with Gasteiger partial charge < -0.3 is 16.3 Å². The molecule has 0 aromatic heterocycles. The van der Waals surface area contributed by atoms with E-state index in [4.69, 9.17) is 10.9 Å². The van der Waals surface area contributed by atoms with Crippen molar-refractivity contribution in [2.45, 2.75) is 19.4 Å². The van der Waals surface area contributed by atoms with E-state index in [-0.39, 0.29) is 17.8 Å². The van der Waals surface area contributed by atoms with Crippen LogP contribution in [0.15, 0.2) is 29.4 Å². The maximum atomic E-state index is 11.8. The molecule has 1 aromatic carbocycles. The van der Waals surface area contributed by atoms with Gasteiger partial charge in [0.25, 0.3) is 5.91 Å². The molecule has 5 nitrogen and oxygen atoms in total. The van der Waals surface area contributed by atoms with E-state index in [9.17, 15) is 4.79 Å². The number of nitrogens with zero attached hydrogens (tertiary/aromatic N) is 1. The predicted octanol–water partition coefficient (Wildman–Crippen LogP) is 0.919. The first kappa shape index (κ1) is 11.4. The van der Waals surface area contributed by atoms with Crippen molar-refractivity contribution in [2.75, 3.05) is 0 Å². The average Bonchev–Trinajstić information content (AvgIpc) is 3.04. The van der Waals surface area contributed by atoms with Crippen LogP contribution in [0.5, 0.6) is 0 Å². The Hall–Kier alpha value is -2.04. The van der Waals surface area contributed by atoms with Gasteiger partial charge in [-0.1, -0.05) is 24.2 Å². The molecule has 0 saturated heterocycles. The number of nitrogens with one attached hydrogen (secondary N) is 1. The number of nitrogens with two attached hydrogens (primary N) is 1. The lowest BCUT2D eigenvalue weighted by atomic mass is 10.1. The standard InChI is InChI=1S/C12H15N3O2/c1-7-5-10(7)14-12(16)9-4-2-3-8(6-9)11(13)15-17/h2-4,6-7,10,17H,5H2,1H3,(H2,13,15)(H,14,16). The van der Waals surface area contributed by atoms with Gasteiger partial charge in [-0.15, -0.1) is 0 Å². The highest BCUT2D eigenvalue weighted by Crippen LogP contribution is 2.29. The second kappa shape index (κ2) is 4.45. The summed E-state index contributed by atoms with van der Waals surface area (Å²) >= 11 is 0. The van der Waals surface area contributed by atoms with E-state index >= 15 is 0 Å². The molecular formula is C12H15N3O2. The first-order valence-corrected chi connectivity index (χ1v) is 5.50. The molecule has 1 aliphatic rings. The Balaban J connectivity index is 2.12. The van der Waals surface area contributed by atoms with Crippen LogP contribution in [0.3, 0.4) is 0 Å². The highest BCUT2D eigenvalue weighted by Gasteiger charge is 2.33. The minimum Gasteiger partial charge on any atom is -0.409 e. The van der Waals surface area contributed by atoms with Crippen molar-refractivity contribution in [3.05, 3.63) is 35.4 Å². The van der Waals surface area contributed by atoms with Crippen LogP contribution in [0.2, 0.25) is 0 Å². The molecule has 0 radical (unpaired) electrons. The third-order valence-corrected chi connectivity index (χ3v) is 2.95. The summed E-state index contributed by atoms with van der Waals surface area (Å²) in [7, 11) is 0. The molecule has 0 heterocycles. The largest absolute Gasteiger partial charge is 0.409 e. The number of hydrogen-bond donors (Lipinski definition) is 3. The quantitative estimate of drug-likeness (QED) is 0.314. The maximum absolute atomic E-state index is 11.8. The van der Waals surface area contributed by atoms with Crippen molar-refractivity contribution >= 4 is 11.7 Å². The third-order valence-electron chi connectivity index (χ3n) is 2.95. The summed E-state index contributed by atoms with van der Waals surface area (Å²) in [5.74, 6) is 0.442. The lowest BCUT2D eigenvalue weighted by Gasteiger charge is -2.05. The van der Waals surface area contributed by atoms with Crippen molar-refractivity contribution < 1.29 is 10.0 Å². The minimum atomic E-state index is -0.119. The summed E-state index contributed by atoms with van der Waals surface area (Å²) in [6.07, 6.45) is 1.03. The second-order valence-electron chi connectivity index (χ2n) is 4.36. The third kappa shape index (κ3) is 2.55. The molecule has 4 N–H and O–H groups in total. The van der Waals surface area contributed by atoms with Crippen molar-refractivity contribution in [3.8, 4) is 0 Å². The highest BCUT2D eigenvalue weighted by atomic mass is 16.4. The number of amidine groups is 1. The Kier molecular flexibility index (Phi) is 2.99. The van der Waals surface area contributed by atoms with Gasteiger partial charge in [-0.2, -0.15) is 0 Å². The van der Waals surface area contributed by atoms with Gasteiger partial charge in [0.2, 0.25) is 0 Å². The summed E-state index contributed by atoms with van der Waals surface area (Å²) < 4.78 is 0. The fraction of sp³-hybridized carbons (Fsp3) is 0.333. The van der Waals surface area contributed by atoms with Crippen LogP contribution in [0, 0.1) is 5.92 Å². The Bertz CT molecular complexity index is 471. The molecule has 1 aromatic rings. The molecule has 0 bridgehead atoms. The Labute approximate surface area is 99.3 Å². The number of amides is 1. The Morgan fingerprint density at radius 2 is 2.18 bits per heavy atom. The molecule has 5 heteroatoms. The van der Waals surface area contributed by atoms with E-state index in [0.717, 1.165) is 6.42 Å². The van der Waals surface area contributed by atoms with Crippen LogP contribution >= 0.6 is 0 Å². The number of benzene rings is 1. The van der Waals surface area contributed by atoms with Crippen LogP contribution in [0.25, 0.3) is 0 Å². The summed E-state index contributed by atoms with van der Waals surface area (Å²) in [5, 5.41) is 14.4. The first-order valence-electron chi connectivity index (χ1n) is 5.50. The van der Waals surface area contributed by atoms with Crippen LogP contribution in [-0.2, 0) is 0 Å². The topological polar surface area (TPSA) is 87.7 Å². The highest BCUT2D eigenvalue weighted by molar-refractivity contribution is 6.01. The number of oxime groups is 1. The molecule has 2 unspecified atom stereocenters. The molecule has 1 saturated carbocycles. The minimum absolute atomic E-state index is 0.000519. The summed E-state index contributed by atoms with van der Waals surface area (Å²) in [4.78, 5) is 11.8. The molecule has 1 aliphatic carbocycles. The molecule has 0 aliphatic heterocycles. The molecule has 90 valence electrons. The summed E-state index contributed by atoms with van der Waals surface area (Å²) in [6, 6.07) is 6.99. The van der Waals surface area contributed by atoms with E-state index in [0.29, 0.717) is 17.0 Å². The zero-order chi connectivity index (χ0) is 12.4. The number of rotatable bonds is 3. The fourth-order valence-electron chi connectivity index (χ4n) is 1.65. The zero-order valence-corrected chi connectivity index (χ0v) is 9.55. The number of carbonyl (C=O) groups is 1. The average molecular weight is 233 g/mol. The van der Waals surface area contributed by atoms with Crippen LogP contribution < -0.4 is 11.1 Å². The first-order chi connectivity index (χ1) is 8.11. The number of hydrogen-bond acceptors (Lipinski definition) is 3. The molecule has 2 atom stereocenters. The van der Waals surface area contributed by atoms with Crippen molar-refractivity contribution in [3.63, 3.8) is 0 Å². The van der Waals surface area contributed by atoms with E-state index in [1.165, 1.54) is 0 Å². The van der Waals surface area contributed by atoms with Gasteiger partial charge in [-0.25, -0.2) is 0 Å². The molecule has 0 spiro atoms. The van der Waals surface area contributed by atoms with Gasteiger partial charge in [0.15, 0.2) is 5.84 Å². The monoisotopic (exact) mass is 233 g/mol. The molecular weight excluding hydrogens is 218 g/mol. The Morgan fingerprint density at radius 3 is 2.76 bits per heavy atom.